The quantitative estimate of drug-likeness (QED) is 0.616. The highest BCUT2D eigenvalue weighted by Gasteiger charge is 2.17. The van der Waals surface area contributed by atoms with Gasteiger partial charge in [-0.05, 0) is 74.1 Å². The van der Waals surface area contributed by atoms with Crippen LogP contribution in [0.3, 0.4) is 0 Å². The molecule has 0 saturated heterocycles. The molecule has 0 spiro atoms. The van der Waals surface area contributed by atoms with Crippen LogP contribution in [0, 0.1) is 6.92 Å². The van der Waals surface area contributed by atoms with Crippen LogP contribution in [0.4, 0.5) is 5.69 Å². The molecule has 0 bridgehead atoms. The Morgan fingerprint density at radius 2 is 1.96 bits per heavy atom. The average molecular weight is 320 g/mol. The predicted octanol–water partition coefficient (Wildman–Crippen LogP) is 4.31. The van der Waals surface area contributed by atoms with Crippen molar-refractivity contribution in [3.63, 3.8) is 0 Å². The smallest absolute Gasteiger partial charge is 0.255 e. The molecule has 3 N–H and O–H groups in total. The first-order valence-electron chi connectivity index (χ1n) is 8.36. The molecule has 1 aliphatic carbocycles. The molecular formula is C20H20N2O2. The first-order valence-corrected chi connectivity index (χ1v) is 8.36. The molecule has 0 atom stereocenters. The van der Waals surface area contributed by atoms with Gasteiger partial charge >= 0.3 is 0 Å². The number of hydrogen-bond acceptors (Lipinski definition) is 2. The zero-order valence-electron chi connectivity index (χ0n) is 13.6. The summed E-state index contributed by atoms with van der Waals surface area (Å²) in [6.45, 7) is 1.90. The lowest BCUT2D eigenvalue weighted by atomic mass is 9.95. The van der Waals surface area contributed by atoms with Crippen molar-refractivity contribution < 1.29 is 9.90 Å². The molecule has 1 aromatic heterocycles. The minimum absolute atomic E-state index is 0.0865. The lowest BCUT2D eigenvalue weighted by Gasteiger charge is -2.11. The van der Waals surface area contributed by atoms with Crippen LogP contribution in [0.25, 0.3) is 10.9 Å². The van der Waals surface area contributed by atoms with Gasteiger partial charge in [0.25, 0.3) is 5.91 Å². The molecule has 122 valence electrons. The topological polar surface area (TPSA) is 65.1 Å². The number of nitrogens with one attached hydrogen (secondary N) is 2. The molecule has 2 aromatic carbocycles. The second-order valence-corrected chi connectivity index (χ2v) is 6.52. The number of carbonyl (C=O) groups is 1. The summed E-state index contributed by atoms with van der Waals surface area (Å²) in [5, 5.41) is 13.9. The second kappa shape index (κ2) is 5.71. The number of aryl methyl sites for hydroxylation is 3. The Balaban J connectivity index is 1.67. The number of hydrogen-bond donors (Lipinski definition) is 3. The standard InChI is InChI=1S/C20H20N2O2/c1-12-6-8-18(19(23)10-12)22-20(24)13-7-9-17-15(11-13)14-4-2-3-5-16(14)21-17/h6-11,21,23H,2-5H2,1H3,(H,22,24). The Morgan fingerprint density at radius 3 is 2.79 bits per heavy atom. The van der Waals surface area contributed by atoms with Crippen molar-refractivity contribution in [2.24, 2.45) is 0 Å². The maximum atomic E-state index is 12.6. The highest BCUT2D eigenvalue weighted by molar-refractivity contribution is 6.07. The first kappa shape index (κ1) is 14.8. The lowest BCUT2D eigenvalue weighted by Crippen LogP contribution is -2.12. The SMILES string of the molecule is Cc1ccc(NC(=O)c2ccc3[nH]c4c(c3c2)CCCC4)c(O)c1. The fraction of sp³-hybridized carbons (Fsp3) is 0.250. The molecule has 1 amide bonds. The number of rotatable bonds is 2. The highest BCUT2D eigenvalue weighted by atomic mass is 16.3. The molecule has 0 unspecified atom stereocenters. The summed E-state index contributed by atoms with van der Waals surface area (Å²) in [4.78, 5) is 16.0. The van der Waals surface area contributed by atoms with E-state index in [1.54, 1.807) is 12.1 Å². The Kier molecular flexibility index (Phi) is 3.53. The number of aromatic nitrogens is 1. The third-order valence-electron chi connectivity index (χ3n) is 4.76. The highest BCUT2D eigenvalue weighted by Crippen LogP contribution is 2.30. The number of amides is 1. The van der Waals surface area contributed by atoms with Crippen molar-refractivity contribution >= 4 is 22.5 Å². The van der Waals surface area contributed by atoms with Gasteiger partial charge in [0.2, 0.25) is 0 Å². The van der Waals surface area contributed by atoms with Gasteiger partial charge < -0.3 is 15.4 Å². The third kappa shape index (κ3) is 2.54. The van der Waals surface area contributed by atoms with Gasteiger partial charge in [0.15, 0.2) is 0 Å². The van der Waals surface area contributed by atoms with Gasteiger partial charge in [-0.1, -0.05) is 6.07 Å². The number of H-pyrrole nitrogens is 1. The molecule has 1 aliphatic rings. The minimum atomic E-state index is -0.207. The number of phenolic OH excluding ortho intramolecular Hbond substituents is 1. The molecule has 0 saturated carbocycles. The summed E-state index contributed by atoms with van der Waals surface area (Å²) < 4.78 is 0. The van der Waals surface area contributed by atoms with Crippen LogP contribution in [0.15, 0.2) is 36.4 Å². The third-order valence-corrected chi connectivity index (χ3v) is 4.76. The maximum absolute atomic E-state index is 12.6. The van der Waals surface area contributed by atoms with Crippen LogP contribution in [-0.4, -0.2) is 16.0 Å². The number of aromatic amines is 1. The van der Waals surface area contributed by atoms with E-state index in [4.69, 9.17) is 0 Å². The predicted molar refractivity (Wildman–Crippen MR) is 95.7 cm³/mol. The molecule has 0 aliphatic heterocycles. The number of fused-ring (bicyclic) bond motifs is 3. The molecule has 1 heterocycles. The van der Waals surface area contributed by atoms with Gasteiger partial charge in [-0.25, -0.2) is 0 Å². The summed E-state index contributed by atoms with van der Waals surface area (Å²) in [7, 11) is 0. The largest absolute Gasteiger partial charge is 0.506 e. The van der Waals surface area contributed by atoms with E-state index in [0.717, 1.165) is 29.3 Å². The Labute approximate surface area is 140 Å². The monoisotopic (exact) mass is 320 g/mol. The van der Waals surface area contributed by atoms with E-state index in [0.29, 0.717) is 11.3 Å². The Bertz CT molecular complexity index is 940. The van der Waals surface area contributed by atoms with Crippen molar-refractivity contribution in [3.8, 4) is 5.75 Å². The van der Waals surface area contributed by atoms with Crippen molar-refractivity contribution in [1.29, 1.82) is 0 Å². The number of aromatic hydroxyl groups is 1. The van der Waals surface area contributed by atoms with Crippen molar-refractivity contribution in [2.75, 3.05) is 5.32 Å². The molecule has 4 heteroatoms. The van der Waals surface area contributed by atoms with E-state index in [-0.39, 0.29) is 11.7 Å². The van der Waals surface area contributed by atoms with E-state index in [1.165, 1.54) is 24.1 Å². The molecule has 0 radical (unpaired) electrons. The van der Waals surface area contributed by atoms with Crippen LogP contribution in [-0.2, 0) is 12.8 Å². The zero-order chi connectivity index (χ0) is 16.7. The van der Waals surface area contributed by atoms with Gasteiger partial charge in [-0.2, -0.15) is 0 Å². The molecule has 4 rings (SSSR count). The van der Waals surface area contributed by atoms with Crippen LogP contribution in [0.2, 0.25) is 0 Å². The summed E-state index contributed by atoms with van der Waals surface area (Å²) in [6, 6.07) is 11.0. The molecular weight excluding hydrogens is 300 g/mol. The van der Waals surface area contributed by atoms with E-state index < -0.39 is 0 Å². The molecule has 24 heavy (non-hydrogen) atoms. The van der Waals surface area contributed by atoms with Gasteiger partial charge in [0.05, 0.1) is 5.69 Å². The Morgan fingerprint density at radius 1 is 1.12 bits per heavy atom. The molecule has 3 aromatic rings. The number of carbonyl (C=O) groups excluding carboxylic acids is 1. The lowest BCUT2D eigenvalue weighted by molar-refractivity contribution is 0.102. The number of phenols is 1. The van der Waals surface area contributed by atoms with E-state index in [9.17, 15) is 9.90 Å². The summed E-state index contributed by atoms with van der Waals surface area (Å²) in [6.07, 6.45) is 4.58. The van der Waals surface area contributed by atoms with Gasteiger partial charge in [-0.3, -0.25) is 4.79 Å². The minimum Gasteiger partial charge on any atom is -0.506 e. The molecule has 0 fully saturated rings. The fourth-order valence-corrected chi connectivity index (χ4v) is 3.49. The number of benzene rings is 2. The van der Waals surface area contributed by atoms with Crippen LogP contribution in [0.5, 0.6) is 5.75 Å². The second-order valence-electron chi connectivity index (χ2n) is 6.52. The summed E-state index contributed by atoms with van der Waals surface area (Å²) >= 11 is 0. The molecule has 4 nitrogen and oxygen atoms in total. The average Bonchev–Trinajstić information content (AvgIpc) is 2.95. The van der Waals surface area contributed by atoms with Crippen LogP contribution >= 0.6 is 0 Å². The van der Waals surface area contributed by atoms with Crippen LogP contribution < -0.4 is 5.32 Å². The van der Waals surface area contributed by atoms with Crippen molar-refractivity contribution in [2.45, 2.75) is 32.6 Å². The van der Waals surface area contributed by atoms with Crippen molar-refractivity contribution in [1.82, 2.24) is 4.98 Å². The summed E-state index contributed by atoms with van der Waals surface area (Å²) in [5.41, 5.74) is 5.74. The van der Waals surface area contributed by atoms with E-state index in [2.05, 4.69) is 10.3 Å². The summed E-state index contributed by atoms with van der Waals surface area (Å²) in [5.74, 6) is -0.120. The fourth-order valence-electron chi connectivity index (χ4n) is 3.49. The van der Waals surface area contributed by atoms with Crippen molar-refractivity contribution in [3.05, 3.63) is 58.8 Å². The normalized spacial score (nSPS) is 13.7. The van der Waals surface area contributed by atoms with Gasteiger partial charge in [-0.15, -0.1) is 0 Å². The zero-order valence-corrected chi connectivity index (χ0v) is 13.6. The maximum Gasteiger partial charge on any atom is 0.255 e. The first-order chi connectivity index (χ1) is 11.6. The number of anilines is 1. The van der Waals surface area contributed by atoms with Crippen LogP contribution in [0.1, 0.15) is 40.0 Å². The van der Waals surface area contributed by atoms with Gasteiger partial charge in [0, 0.05) is 22.2 Å². The van der Waals surface area contributed by atoms with E-state index in [1.807, 2.05) is 31.2 Å². The Hall–Kier alpha value is -2.75. The van der Waals surface area contributed by atoms with Gasteiger partial charge in [0.1, 0.15) is 5.75 Å². The van der Waals surface area contributed by atoms with E-state index >= 15 is 0 Å².